The van der Waals surface area contributed by atoms with Crippen LogP contribution in [0.15, 0.2) is 0 Å². The third-order valence-corrected chi connectivity index (χ3v) is 7.17. The minimum Gasteiger partial charge on any atom is -0.246 e. The van der Waals surface area contributed by atoms with Gasteiger partial charge < -0.3 is 0 Å². The van der Waals surface area contributed by atoms with Gasteiger partial charge in [0.25, 0.3) is 0 Å². The molecule has 0 amide bonds. The van der Waals surface area contributed by atoms with E-state index in [4.69, 9.17) is 0 Å². The summed E-state index contributed by atoms with van der Waals surface area (Å²) in [6.45, 7) is 7.23. The molecule has 0 nitrogen and oxygen atoms in total. The van der Waals surface area contributed by atoms with Gasteiger partial charge in [-0.25, -0.2) is 22.0 Å². The van der Waals surface area contributed by atoms with Gasteiger partial charge in [-0.05, 0) is 32.8 Å². The van der Waals surface area contributed by atoms with Crippen LogP contribution in [0.1, 0.15) is 58.4 Å². The van der Waals surface area contributed by atoms with Crippen molar-refractivity contribution in [1.29, 1.82) is 0 Å². The number of hydrogen-bond acceptors (Lipinski definition) is 0. The van der Waals surface area contributed by atoms with Gasteiger partial charge in [-0.1, -0.05) is 52.9 Å². The summed E-state index contributed by atoms with van der Waals surface area (Å²) in [4.78, 5) is 0. The third kappa shape index (κ3) is 5.64. The van der Waals surface area contributed by atoms with E-state index in [1.165, 1.54) is 0 Å². The lowest BCUT2D eigenvalue weighted by molar-refractivity contribution is 0.388. The molecule has 0 saturated heterocycles. The molecule has 25 heavy (non-hydrogen) atoms. The number of hydrogen-bond donors (Lipinski definition) is 0. The van der Waals surface area contributed by atoms with Gasteiger partial charge in [0, 0.05) is 5.56 Å². The Morgan fingerprint density at radius 2 is 1.52 bits per heavy atom. The van der Waals surface area contributed by atoms with Crippen molar-refractivity contribution < 1.29 is 22.0 Å². The summed E-state index contributed by atoms with van der Waals surface area (Å²) >= 11 is 0. The predicted octanol–water partition coefficient (Wildman–Crippen LogP) is 6.83. The van der Waals surface area contributed by atoms with Crippen molar-refractivity contribution in [3.05, 3.63) is 28.8 Å². The van der Waals surface area contributed by atoms with Crippen molar-refractivity contribution in [2.24, 2.45) is 11.8 Å². The van der Waals surface area contributed by atoms with Crippen molar-refractivity contribution in [1.82, 2.24) is 0 Å². The van der Waals surface area contributed by atoms with Crippen LogP contribution in [0.4, 0.5) is 22.0 Å². The zero-order valence-electron chi connectivity index (χ0n) is 15.4. The molecule has 1 aromatic rings. The molecular weight excluding hydrogens is 354 g/mol. The van der Waals surface area contributed by atoms with Crippen molar-refractivity contribution in [2.45, 2.75) is 59.8 Å². The average molecular weight is 382 g/mol. The number of rotatable bonds is 10. The van der Waals surface area contributed by atoms with Crippen LogP contribution in [0, 0.1) is 42.0 Å². The molecule has 3 unspecified atom stereocenters. The van der Waals surface area contributed by atoms with Gasteiger partial charge in [0.1, 0.15) is 12.2 Å². The normalized spacial score (nSPS) is 15.2. The molecule has 144 valence electrons. The third-order valence-electron chi connectivity index (χ3n) is 4.79. The van der Waals surface area contributed by atoms with Gasteiger partial charge in [-0.15, -0.1) is 0 Å². The van der Waals surface area contributed by atoms with E-state index in [1.807, 2.05) is 6.92 Å². The fourth-order valence-electron chi connectivity index (χ4n) is 3.16. The minimum atomic E-state index is -1.85. The van der Waals surface area contributed by atoms with Crippen molar-refractivity contribution in [2.75, 3.05) is 12.6 Å². The largest absolute Gasteiger partial charge is 0.246 e. The highest BCUT2D eigenvalue weighted by Gasteiger charge is 2.29. The highest BCUT2D eigenvalue weighted by Crippen LogP contribution is 2.41. The van der Waals surface area contributed by atoms with Gasteiger partial charge in [0.2, 0.25) is 0 Å². The second kappa shape index (κ2) is 10.4. The number of alkyl halides is 1. The van der Waals surface area contributed by atoms with Crippen LogP contribution in [0.3, 0.4) is 0 Å². The van der Waals surface area contributed by atoms with Crippen LogP contribution in [0.5, 0.6) is 0 Å². The molecule has 0 aromatic heterocycles. The lowest BCUT2D eigenvalue weighted by atomic mass is 9.92. The van der Waals surface area contributed by atoms with E-state index in [0.717, 1.165) is 39.0 Å². The molecule has 0 saturated carbocycles. The van der Waals surface area contributed by atoms with Crippen LogP contribution in [0.25, 0.3) is 0 Å². The molecule has 3 atom stereocenters. The highest BCUT2D eigenvalue weighted by molar-refractivity contribution is 7.65. The van der Waals surface area contributed by atoms with Crippen molar-refractivity contribution in [3.63, 3.8) is 0 Å². The zero-order chi connectivity index (χ0) is 19.1. The first-order valence-electron chi connectivity index (χ1n) is 8.91. The van der Waals surface area contributed by atoms with E-state index in [2.05, 4.69) is 13.8 Å². The summed E-state index contributed by atoms with van der Waals surface area (Å²) in [6.07, 6.45) is 4.47. The van der Waals surface area contributed by atoms with Crippen LogP contribution >= 0.6 is 7.92 Å². The van der Waals surface area contributed by atoms with Gasteiger partial charge in [0.05, 0.1) is 5.30 Å². The van der Waals surface area contributed by atoms with Crippen molar-refractivity contribution >= 4 is 13.2 Å². The smallest absolute Gasteiger partial charge is 0.195 e. The van der Waals surface area contributed by atoms with E-state index in [1.54, 1.807) is 0 Å². The second-order valence-corrected chi connectivity index (χ2v) is 8.95. The molecule has 0 radical (unpaired) electrons. The summed E-state index contributed by atoms with van der Waals surface area (Å²) in [6, 6.07) is 0. The predicted molar refractivity (Wildman–Crippen MR) is 95.5 cm³/mol. The SMILES string of the molecule is CCCC(CC)CCC(C)CP(CF)c1c(F)c(C)c(F)c(F)c1F. The quantitative estimate of drug-likeness (QED) is 0.180. The first-order chi connectivity index (χ1) is 11.8. The van der Waals surface area contributed by atoms with Crippen LogP contribution < -0.4 is 5.30 Å². The lowest BCUT2D eigenvalue weighted by Gasteiger charge is -2.23. The molecule has 6 heteroatoms. The van der Waals surface area contributed by atoms with Gasteiger partial charge in [0.15, 0.2) is 17.5 Å². The fraction of sp³-hybridized carbons (Fsp3) is 0.684. The maximum atomic E-state index is 14.3. The lowest BCUT2D eigenvalue weighted by Crippen LogP contribution is -2.22. The summed E-state index contributed by atoms with van der Waals surface area (Å²) in [7, 11) is -1.85. The Labute approximate surface area is 149 Å². The van der Waals surface area contributed by atoms with Crippen molar-refractivity contribution in [3.8, 4) is 0 Å². The van der Waals surface area contributed by atoms with Gasteiger partial charge in [-0.2, -0.15) is 0 Å². The zero-order valence-corrected chi connectivity index (χ0v) is 16.3. The van der Waals surface area contributed by atoms with E-state index < -0.39 is 48.5 Å². The molecule has 0 N–H and O–H groups in total. The standard InChI is InChI=1S/C19H28F5P/c1-5-7-14(6-2)9-8-12(3)10-25(11-20)19-16(22)13(4)15(21)17(23)18(19)24/h12,14H,5-11H2,1-4H3. The highest BCUT2D eigenvalue weighted by atomic mass is 31.1. The summed E-state index contributed by atoms with van der Waals surface area (Å²) in [5.74, 6) is -5.30. The summed E-state index contributed by atoms with van der Waals surface area (Å²) in [5, 5.41) is -0.596. The summed E-state index contributed by atoms with van der Waals surface area (Å²) < 4.78 is 68.9. The molecule has 0 fully saturated rings. The molecule has 0 aliphatic carbocycles. The van der Waals surface area contributed by atoms with E-state index in [-0.39, 0.29) is 12.1 Å². The maximum absolute atomic E-state index is 14.3. The van der Waals surface area contributed by atoms with Crippen LogP contribution in [-0.2, 0) is 0 Å². The Kier molecular flexibility index (Phi) is 9.34. The monoisotopic (exact) mass is 382 g/mol. The molecule has 1 aromatic carbocycles. The van der Waals surface area contributed by atoms with E-state index in [0.29, 0.717) is 5.92 Å². The average Bonchev–Trinajstić information content (AvgIpc) is 2.60. The fourth-order valence-corrected chi connectivity index (χ4v) is 5.32. The molecule has 0 heterocycles. The van der Waals surface area contributed by atoms with E-state index in [9.17, 15) is 22.0 Å². The number of halogens is 5. The molecule has 0 spiro atoms. The molecule has 0 bridgehead atoms. The second-order valence-electron chi connectivity index (χ2n) is 6.82. The Balaban J connectivity index is 2.90. The Hall–Kier alpha value is -0.700. The topological polar surface area (TPSA) is 0 Å². The first-order valence-corrected chi connectivity index (χ1v) is 10.6. The van der Waals surface area contributed by atoms with Gasteiger partial charge >= 0.3 is 0 Å². The summed E-state index contributed by atoms with van der Waals surface area (Å²) in [5.41, 5.74) is -0.587. The molecule has 1 rings (SSSR count). The van der Waals surface area contributed by atoms with Crippen LogP contribution in [0.2, 0.25) is 0 Å². The Morgan fingerprint density at radius 1 is 0.880 bits per heavy atom. The minimum absolute atomic E-state index is 0.0694. The first kappa shape index (κ1) is 22.3. The molecule has 0 aliphatic heterocycles. The van der Waals surface area contributed by atoms with Gasteiger partial charge in [-0.3, -0.25) is 0 Å². The maximum Gasteiger partial charge on any atom is 0.195 e. The molecule has 0 aliphatic rings. The molecular formula is C19H28F5P. The Morgan fingerprint density at radius 3 is 2.04 bits per heavy atom. The number of benzene rings is 1. The van der Waals surface area contributed by atoms with Crippen LogP contribution in [-0.4, -0.2) is 12.6 Å². The Bertz CT molecular complexity index is 532. The van der Waals surface area contributed by atoms with E-state index >= 15 is 0 Å².